The molecule has 0 radical (unpaired) electrons. The summed E-state index contributed by atoms with van der Waals surface area (Å²) in [6.07, 6.45) is 0. The number of rotatable bonds is 7. The van der Waals surface area contributed by atoms with Crippen molar-refractivity contribution in [1.82, 2.24) is 29.5 Å². The van der Waals surface area contributed by atoms with E-state index < -0.39 is 0 Å². The molecular weight excluding hydrogens is 699 g/mol. The second-order valence-corrected chi connectivity index (χ2v) is 13.7. The van der Waals surface area contributed by atoms with Crippen LogP contribution in [0, 0.1) is 11.3 Å². The predicted octanol–water partition coefficient (Wildman–Crippen LogP) is 11.6. The highest BCUT2D eigenvalue weighted by Gasteiger charge is 2.21. The summed E-state index contributed by atoms with van der Waals surface area (Å²) in [5.41, 5.74) is 10.2. The Morgan fingerprint density at radius 3 is 1.46 bits per heavy atom. The third-order valence-corrected chi connectivity index (χ3v) is 10.1. The molecule has 7 nitrogen and oxygen atoms in total. The standard InChI is InChI=1S/C50H31N7/c51-32-33-25-27-40-39-23-13-14-24-44(39)57(46(40)29-33)45-28-26-38(50-55-48(36-19-9-3-10-20-36)54-49(56-50)37-21-11-4-12-22-37)30-41(45)43-31-42(34-15-5-1-6-16-34)52-47(53-43)35-17-7-2-8-18-35/h1-31H. The van der Waals surface area contributed by atoms with Crippen LogP contribution in [0.2, 0.25) is 0 Å². The molecule has 3 aromatic heterocycles. The zero-order chi connectivity index (χ0) is 38.1. The Kier molecular flexibility index (Phi) is 8.40. The van der Waals surface area contributed by atoms with Gasteiger partial charge in [-0.3, -0.25) is 0 Å². The topological polar surface area (TPSA) is 93.2 Å². The van der Waals surface area contributed by atoms with Gasteiger partial charge in [-0.15, -0.1) is 0 Å². The minimum atomic E-state index is 0.533. The van der Waals surface area contributed by atoms with E-state index in [0.717, 1.165) is 72.3 Å². The fourth-order valence-electron chi connectivity index (χ4n) is 7.37. The number of hydrogen-bond donors (Lipinski definition) is 0. The summed E-state index contributed by atoms with van der Waals surface area (Å²) in [5.74, 6) is 2.30. The normalized spacial score (nSPS) is 11.1. The molecule has 0 spiro atoms. The van der Waals surface area contributed by atoms with Gasteiger partial charge in [0.05, 0.1) is 39.7 Å². The zero-order valence-corrected chi connectivity index (χ0v) is 30.5. The number of aromatic nitrogens is 6. The van der Waals surface area contributed by atoms with E-state index in [-0.39, 0.29) is 0 Å². The molecule has 0 amide bonds. The van der Waals surface area contributed by atoms with Crippen molar-refractivity contribution in [2.24, 2.45) is 0 Å². The lowest BCUT2D eigenvalue weighted by Gasteiger charge is -2.17. The monoisotopic (exact) mass is 729 g/mol. The van der Waals surface area contributed by atoms with Gasteiger partial charge in [0, 0.05) is 44.2 Å². The lowest BCUT2D eigenvalue weighted by atomic mass is 10.0. The summed E-state index contributed by atoms with van der Waals surface area (Å²) in [6.45, 7) is 0. The van der Waals surface area contributed by atoms with E-state index in [1.54, 1.807) is 0 Å². The van der Waals surface area contributed by atoms with Gasteiger partial charge in [-0.2, -0.15) is 5.26 Å². The van der Waals surface area contributed by atoms with Gasteiger partial charge >= 0.3 is 0 Å². The Bertz CT molecular complexity index is 3000. The van der Waals surface area contributed by atoms with Crippen LogP contribution in [-0.4, -0.2) is 29.5 Å². The molecule has 0 unspecified atom stereocenters. The molecule has 7 heteroatoms. The summed E-state index contributed by atoms with van der Waals surface area (Å²) < 4.78 is 2.23. The van der Waals surface area contributed by atoms with Gasteiger partial charge in [0.2, 0.25) is 0 Å². The number of hydrogen-bond acceptors (Lipinski definition) is 6. The number of nitriles is 1. The average molecular weight is 730 g/mol. The van der Waals surface area contributed by atoms with Crippen molar-refractivity contribution in [3.8, 4) is 79.8 Å². The van der Waals surface area contributed by atoms with Crippen molar-refractivity contribution in [1.29, 1.82) is 5.26 Å². The molecule has 0 aliphatic carbocycles. The minimum Gasteiger partial charge on any atom is -0.309 e. The zero-order valence-electron chi connectivity index (χ0n) is 30.5. The van der Waals surface area contributed by atoms with E-state index in [2.05, 4.69) is 59.2 Å². The highest BCUT2D eigenvalue weighted by molar-refractivity contribution is 6.10. The average Bonchev–Trinajstić information content (AvgIpc) is 3.63. The van der Waals surface area contributed by atoms with Crippen LogP contribution >= 0.6 is 0 Å². The third-order valence-electron chi connectivity index (χ3n) is 10.1. The Labute approximate surface area is 328 Å². The molecule has 0 saturated heterocycles. The number of para-hydroxylation sites is 1. The number of fused-ring (bicyclic) bond motifs is 3. The van der Waals surface area contributed by atoms with E-state index in [1.165, 1.54) is 0 Å². The fraction of sp³-hybridized carbons (Fsp3) is 0. The molecule has 0 fully saturated rings. The molecule has 10 rings (SSSR count). The maximum atomic E-state index is 10.0. The van der Waals surface area contributed by atoms with Crippen LogP contribution in [0.5, 0.6) is 0 Å². The first-order valence-corrected chi connectivity index (χ1v) is 18.7. The second-order valence-electron chi connectivity index (χ2n) is 13.7. The van der Waals surface area contributed by atoms with Gasteiger partial charge < -0.3 is 4.57 Å². The molecule has 266 valence electrons. The van der Waals surface area contributed by atoms with Crippen LogP contribution < -0.4 is 0 Å². The lowest BCUT2D eigenvalue weighted by Crippen LogP contribution is -2.03. The van der Waals surface area contributed by atoms with E-state index in [0.29, 0.717) is 28.9 Å². The molecule has 0 N–H and O–H groups in total. The van der Waals surface area contributed by atoms with Gasteiger partial charge in [0.25, 0.3) is 0 Å². The molecule has 3 heterocycles. The quantitative estimate of drug-likeness (QED) is 0.162. The molecule has 10 aromatic rings. The van der Waals surface area contributed by atoms with Crippen molar-refractivity contribution in [3.05, 3.63) is 194 Å². The van der Waals surface area contributed by atoms with Crippen LogP contribution in [0.15, 0.2) is 188 Å². The van der Waals surface area contributed by atoms with Crippen LogP contribution in [0.3, 0.4) is 0 Å². The Balaban J connectivity index is 1.28. The summed E-state index contributed by atoms with van der Waals surface area (Å²) in [5, 5.41) is 12.2. The molecule has 0 aliphatic heterocycles. The highest BCUT2D eigenvalue weighted by atomic mass is 15.0. The summed E-state index contributed by atoms with van der Waals surface area (Å²) >= 11 is 0. The summed E-state index contributed by atoms with van der Waals surface area (Å²) in [4.78, 5) is 25.5. The third kappa shape index (κ3) is 6.27. The van der Waals surface area contributed by atoms with Crippen molar-refractivity contribution in [3.63, 3.8) is 0 Å². The second kappa shape index (κ2) is 14.3. The van der Waals surface area contributed by atoms with Crippen LogP contribution in [0.25, 0.3) is 95.6 Å². The van der Waals surface area contributed by atoms with Crippen LogP contribution in [0.4, 0.5) is 0 Å². The van der Waals surface area contributed by atoms with Crippen LogP contribution in [0.1, 0.15) is 5.56 Å². The largest absolute Gasteiger partial charge is 0.309 e. The first kappa shape index (κ1) is 33.5. The Morgan fingerprint density at radius 2 is 0.860 bits per heavy atom. The van der Waals surface area contributed by atoms with E-state index >= 15 is 0 Å². The molecule has 0 aliphatic rings. The highest BCUT2D eigenvalue weighted by Crippen LogP contribution is 2.39. The maximum absolute atomic E-state index is 10.0. The molecule has 7 aromatic carbocycles. The summed E-state index contributed by atoms with van der Waals surface area (Å²) in [6, 6.07) is 65.1. The van der Waals surface area contributed by atoms with Crippen molar-refractivity contribution >= 4 is 21.8 Å². The van der Waals surface area contributed by atoms with Crippen molar-refractivity contribution in [2.45, 2.75) is 0 Å². The van der Waals surface area contributed by atoms with Gasteiger partial charge in [0.15, 0.2) is 23.3 Å². The van der Waals surface area contributed by atoms with E-state index in [4.69, 9.17) is 24.9 Å². The van der Waals surface area contributed by atoms with Crippen molar-refractivity contribution in [2.75, 3.05) is 0 Å². The minimum absolute atomic E-state index is 0.533. The molecule has 0 atom stereocenters. The Hall–Kier alpha value is -8.08. The van der Waals surface area contributed by atoms with E-state index in [1.807, 2.05) is 140 Å². The van der Waals surface area contributed by atoms with Gasteiger partial charge in [-0.05, 0) is 42.5 Å². The SMILES string of the molecule is N#Cc1ccc2c3ccccc3n(-c3ccc(-c4nc(-c5ccccc5)nc(-c5ccccc5)n4)cc3-c3cc(-c4ccccc4)nc(-c4ccccc4)n3)c2c1. The van der Waals surface area contributed by atoms with Gasteiger partial charge in [-0.25, -0.2) is 24.9 Å². The Morgan fingerprint density at radius 1 is 0.368 bits per heavy atom. The van der Waals surface area contributed by atoms with Crippen molar-refractivity contribution < 1.29 is 0 Å². The molecule has 57 heavy (non-hydrogen) atoms. The first-order valence-electron chi connectivity index (χ1n) is 18.7. The van der Waals surface area contributed by atoms with E-state index in [9.17, 15) is 5.26 Å². The van der Waals surface area contributed by atoms with Gasteiger partial charge in [0.1, 0.15) is 0 Å². The molecule has 0 bridgehead atoms. The predicted molar refractivity (Wildman–Crippen MR) is 227 cm³/mol. The lowest BCUT2D eigenvalue weighted by molar-refractivity contribution is 1.07. The molecular formula is C50H31N7. The van der Waals surface area contributed by atoms with Crippen LogP contribution in [-0.2, 0) is 0 Å². The number of benzene rings is 7. The summed E-state index contributed by atoms with van der Waals surface area (Å²) in [7, 11) is 0. The first-order chi connectivity index (χ1) is 28.2. The molecule has 0 saturated carbocycles. The fourth-order valence-corrected chi connectivity index (χ4v) is 7.37. The maximum Gasteiger partial charge on any atom is 0.164 e. The van der Waals surface area contributed by atoms with Gasteiger partial charge in [-0.1, -0.05) is 146 Å². The number of nitrogens with zero attached hydrogens (tertiary/aromatic N) is 7. The smallest absolute Gasteiger partial charge is 0.164 e.